The van der Waals surface area contributed by atoms with Crippen LogP contribution < -0.4 is 5.32 Å². The molecule has 1 N–H and O–H groups in total. The molecule has 1 aromatic carbocycles. The number of benzene rings is 1. The van der Waals surface area contributed by atoms with Gasteiger partial charge in [-0.05, 0) is 44.7 Å². The van der Waals surface area contributed by atoms with Crippen molar-refractivity contribution in [2.75, 3.05) is 40.8 Å². The third kappa shape index (κ3) is 4.51. The first-order chi connectivity index (χ1) is 10.1. The third-order valence-electron chi connectivity index (χ3n) is 3.67. The molecule has 1 heterocycles. The Bertz CT molecular complexity index is 562. The van der Waals surface area contributed by atoms with Gasteiger partial charge in [-0.2, -0.15) is 0 Å². The van der Waals surface area contributed by atoms with Crippen molar-refractivity contribution in [2.24, 2.45) is 0 Å². The maximum atomic E-state index is 3.47. The average molecular weight is 305 g/mol. The van der Waals surface area contributed by atoms with Crippen LogP contribution in [0.4, 0.5) is 0 Å². The minimum atomic E-state index is 0.979. The zero-order chi connectivity index (χ0) is 15.2. The molecule has 0 bridgehead atoms. The zero-order valence-corrected chi connectivity index (χ0v) is 14.5. The molecule has 0 aliphatic carbocycles. The van der Waals surface area contributed by atoms with Crippen molar-refractivity contribution in [1.82, 2.24) is 15.1 Å². The second-order valence-electron chi connectivity index (χ2n) is 5.82. The van der Waals surface area contributed by atoms with Crippen LogP contribution in [0.25, 0.3) is 10.1 Å². The maximum Gasteiger partial charge on any atom is 0.0349 e. The lowest BCUT2D eigenvalue weighted by Crippen LogP contribution is -2.28. The quantitative estimate of drug-likeness (QED) is 0.809. The van der Waals surface area contributed by atoms with Crippen LogP contribution >= 0.6 is 11.3 Å². The summed E-state index contributed by atoms with van der Waals surface area (Å²) in [5, 5.41) is 4.90. The molecule has 21 heavy (non-hydrogen) atoms. The standard InChI is InChI=1S/C17H27N3S/c1-5-18-12-17-15(13-20(4)11-10-19(2)3)14-8-6-7-9-16(14)21-17/h6-9,18H,5,10-13H2,1-4H3. The normalized spacial score (nSPS) is 11.9. The Morgan fingerprint density at radius 1 is 1.10 bits per heavy atom. The van der Waals surface area contributed by atoms with Gasteiger partial charge in [0.1, 0.15) is 0 Å². The Hall–Kier alpha value is -0.940. The van der Waals surface area contributed by atoms with Crippen LogP contribution in [0.3, 0.4) is 0 Å². The van der Waals surface area contributed by atoms with Gasteiger partial charge in [-0.25, -0.2) is 0 Å². The molecule has 0 spiro atoms. The van der Waals surface area contributed by atoms with E-state index in [2.05, 4.69) is 67.4 Å². The van der Waals surface area contributed by atoms with Crippen LogP contribution in [-0.4, -0.2) is 50.6 Å². The summed E-state index contributed by atoms with van der Waals surface area (Å²) in [5.41, 5.74) is 1.50. The minimum absolute atomic E-state index is 0.979. The minimum Gasteiger partial charge on any atom is -0.312 e. The highest BCUT2D eigenvalue weighted by atomic mass is 32.1. The SMILES string of the molecule is CCNCc1sc2ccccc2c1CN(C)CCN(C)C. The highest BCUT2D eigenvalue weighted by Crippen LogP contribution is 2.32. The van der Waals surface area contributed by atoms with Gasteiger partial charge < -0.3 is 15.1 Å². The van der Waals surface area contributed by atoms with Crippen LogP contribution in [0, 0.1) is 0 Å². The van der Waals surface area contributed by atoms with Crippen LogP contribution in [0.1, 0.15) is 17.4 Å². The predicted octanol–water partition coefficient (Wildman–Crippen LogP) is 3.00. The average Bonchev–Trinajstić information content (AvgIpc) is 2.81. The molecule has 0 saturated heterocycles. The number of nitrogens with zero attached hydrogens (tertiary/aromatic N) is 2. The molecule has 0 atom stereocenters. The molecular formula is C17H27N3S. The van der Waals surface area contributed by atoms with Gasteiger partial charge in [0.25, 0.3) is 0 Å². The summed E-state index contributed by atoms with van der Waals surface area (Å²) in [6.07, 6.45) is 0. The van der Waals surface area contributed by atoms with Gasteiger partial charge in [-0.1, -0.05) is 25.1 Å². The molecule has 4 heteroatoms. The van der Waals surface area contributed by atoms with Crippen LogP contribution in [0.15, 0.2) is 24.3 Å². The zero-order valence-electron chi connectivity index (χ0n) is 13.6. The van der Waals surface area contributed by atoms with E-state index in [1.807, 2.05) is 11.3 Å². The van der Waals surface area contributed by atoms with Gasteiger partial charge >= 0.3 is 0 Å². The fourth-order valence-corrected chi connectivity index (χ4v) is 3.61. The Morgan fingerprint density at radius 3 is 2.57 bits per heavy atom. The molecule has 2 aromatic rings. The molecule has 0 radical (unpaired) electrons. The Balaban J connectivity index is 2.18. The van der Waals surface area contributed by atoms with E-state index in [4.69, 9.17) is 0 Å². The van der Waals surface area contributed by atoms with Gasteiger partial charge in [0.15, 0.2) is 0 Å². The van der Waals surface area contributed by atoms with E-state index in [1.54, 1.807) is 0 Å². The van der Waals surface area contributed by atoms with E-state index in [-0.39, 0.29) is 0 Å². The Kier molecular flexibility index (Phi) is 6.18. The molecule has 0 saturated carbocycles. The smallest absolute Gasteiger partial charge is 0.0349 e. The van der Waals surface area contributed by atoms with Crippen molar-refractivity contribution in [1.29, 1.82) is 0 Å². The van der Waals surface area contributed by atoms with Crippen LogP contribution in [-0.2, 0) is 13.1 Å². The van der Waals surface area contributed by atoms with E-state index in [0.29, 0.717) is 0 Å². The topological polar surface area (TPSA) is 18.5 Å². The number of fused-ring (bicyclic) bond motifs is 1. The second kappa shape index (κ2) is 7.90. The summed E-state index contributed by atoms with van der Waals surface area (Å²) in [6, 6.07) is 8.78. The Morgan fingerprint density at radius 2 is 1.86 bits per heavy atom. The van der Waals surface area contributed by atoms with E-state index in [0.717, 1.165) is 32.7 Å². The Labute approximate surface area is 132 Å². The summed E-state index contributed by atoms with van der Waals surface area (Å²) >= 11 is 1.93. The molecule has 0 unspecified atom stereocenters. The van der Waals surface area contributed by atoms with Gasteiger partial charge in [0, 0.05) is 35.8 Å². The largest absolute Gasteiger partial charge is 0.312 e. The number of hydrogen-bond acceptors (Lipinski definition) is 4. The lowest BCUT2D eigenvalue weighted by Gasteiger charge is -2.20. The lowest BCUT2D eigenvalue weighted by atomic mass is 10.1. The number of likely N-dealkylation sites (N-methyl/N-ethyl adjacent to an activating group) is 2. The van der Waals surface area contributed by atoms with E-state index in [9.17, 15) is 0 Å². The van der Waals surface area contributed by atoms with Crippen LogP contribution in [0.2, 0.25) is 0 Å². The molecule has 3 nitrogen and oxygen atoms in total. The molecule has 0 aliphatic heterocycles. The van der Waals surface area contributed by atoms with Gasteiger partial charge in [0.2, 0.25) is 0 Å². The number of thiophene rings is 1. The van der Waals surface area contributed by atoms with Crippen molar-refractivity contribution in [3.05, 3.63) is 34.7 Å². The highest BCUT2D eigenvalue weighted by molar-refractivity contribution is 7.19. The van der Waals surface area contributed by atoms with Crippen molar-refractivity contribution in [3.63, 3.8) is 0 Å². The predicted molar refractivity (Wildman–Crippen MR) is 94.1 cm³/mol. The molecule has 116 valence electrons. The molecule has 2 rings (SSSR count). The lowest BCUT2D eigenvalue weighted by molar-refractivity contribution is 0.276. The summed E-state index contributed by atoms with van der Waals surface area (Å²) < 4.78 is 1.40. The van der Waals surface area contributed by atoms with Gasteiger partial charge in [-0.3, -0.25) is 0 Å². The number of rotatable bonds is 8. The van der Waals surface area contributed by atoms with E-state index in [1.165, 1.54) is 20.5 Å². The summed E-state index contributed by atoms with van der Waals surface area (Å²) in [5.74, 6) is 0. The van der Waals surface area contributed by atoms with E-state index < -0.39 is 0 Å². The highest BCUT2D eigenvalue weighted by Gasteiger charge is 2.13. The summed E-state index contributed by atoms with van der Waals surface area (Å²) in [4.78, 5) is 6.14. The maximum absolute atomic E-state index is 3.47. The fourth-order valence-electron chi connectivity index (χ4n) is 2.42. The summed E-state index contributed by atoms with van der Waals surface area (Å²) in [7, 11) is 6.47. The first-order valence-corrected chi connectivity index (χ1v) is 8.46. The van der Waals surface area contributed by atoms with Crippen molar-refractivity contribution in [3.8, 4) is 0 Å². The number of nitrogens with one attached hydrogen (secondary N) is 1. The van der Waals surface area contributed by atoms with Crippen molar-refractivity contribution >= 4 is 21.4 Å². The van der Waals surface area contributed by atoms with E-state index >= 15 is 0 Å². The van der Waals surface area contributed by atoms with Crippen molar-refractivity contribution < 1.29 is 0 Å². The molecule has 1 aromatic heterocycles. The molecule has 0 aliphatic rings. The van der Waals surface area contributed by atoms with Gasteiger partial charge in [0.05, 0.1) is 0 Å². The first-order valence-electron chi connectivity index (χ1n) is 7.65. The first kappa shape index (κ1) is 16.4. The number of hydrogen-bond donors (Lipinski definition) is 1. The van der Waals surface area contributed by atoms with Crippen LogP contribution in [0.5, 0.6) is 0 Å². The fraction of sp³-hybridized carbons (Fsp3) is 0.529. The second-order valence-corrected chi connectivity index (χ2v) is 6.96. The van der Waals surface area contributed by atoms with Crippen molar-refractivity contribution in [2.45, 2.75) is 20.0 Å². The molecular weight excluding hydrogens is 278 g/mol. The third-order valence-corrected chi connectivity index (χ3v) is 4.89. The monoisotopic (exact) mass is 305 g/mol. The molecule has 0 amide bonds. The van der Waals surface area contributed by atoms with Gasteiger partial charge in [-0.15, -0.1) is 11.3 Å². The molecule has 0 fully saturated rings. The summed E-state index contributed by atoms with van der Waals surface area (Å²) in [6.45, 7) is 7.38.